The lowest BCUT2D eigenvalue weighted by atomic mass is 10.1. The number of carbonyl (C=O) groups excluding carboxylic acids is 1. The predicted octanol–water partition coefficient (Wildman–Crippen LogP) is 5.15. The summed E-state index contributed by atoms with van der Waals surface area (Å²) in [5, 5.41) is 21.3. The lowest BCUT2D eigenvalue weighted by Gasteiger charge is -2.04. The first-order chi connectivity index (χ1) is 13.9. The molecule has 0 bridgehead atoms. The Morgan fingerprint density at radius 1 is 1.17 bits per heavy atom. The number of carboxylic acid groups (broad SMARTS) is 1. The van der Waals surface area contributed by atoms with Crippen LogP contribution in [0, 0.1) is 18.3 Å². The molecule has 0 saturated heterocycles. The number of nitrogens with zero attached hydrogens (tertiary/aromatic N) is 1. The molecule has 6 nitrogen and oxygen atoms in total. The van der Waals surface area contributed by atoms with Crippen molar-refractivity contribution < 1.29 is 19.1 Å². The molecule has 2 N–H and O–H groups in total. The van der Waals surface area contributed by atoms with Crippen LogP contribution in [-0.4, -0.2) is 17.0 Å². The molecule has 0 fully saturated rings. The molecular formula is C22H15ClN2O4. The van der Waals surface area contributed by atoms with E-state index in [0.717, 1.165) is 5.56 Å². The second-order valence-electron chi connectivity index (χ2n) is 6.20. The lowest BCUT2D eigenvalue weighted by molar-refractivity contribution is -0.112. The Bertz CT molecular complexity index is 1170. The number of nitriles is 1. The van der Waals surface area contributed by atoms with E-state index < -0.39 is 11.9 Å². The molecule has 3 rings (SSSR count). The largest absolute Gasteiger partial charge is 0.478 e. The van der Waals surface area contributed by atoms with Gasteiger partial charge in [0.15, 0.2) is 0 Å². The maximum atomic E-state index is 12.4. The number of furan rings is 1. The Morgan fingerprint density at radius 2 is 1.97 bits per heavy atom. The first-order valence-electron chi connectivity index (χ1n) is 8.50. The van der Waals surface area contributed by atoms with Crippen LogP contribution in [0.4, 0.5) is 5.69 Å². The second-order valence-corrected chi connectivity index (χ2v) is 6.60. The maximum absolute atomic E-state index is 12.4. The number of hydrogen-bond acceptors (Lipinski definition) is 4. The molecule has 1 aromatic heterocycles. The number of hydrogen-bond donors (Lipinski definition) is 2. The Hall–Kier alpha value is -3.82. The average Bonchev–Trinajstić information content (AvgIpc) is 3.14. The summed E-state index contributed by atoms with van der Waals surface area (Å²) in [6, 6.07) is 16.8. The zero-order valence-electron chi connectivity index (χ0n) is 15.3. The number of carbonyl (C=O) groups is 2. The molecule has 2 aromatic carbocycles. The zero-order chi connectivity index (χ0) is 21.0. The maximum Gasteiger partial charge on any atom is 0.337 e. The number of amides is 1. The highest BCUT2D eigenvalue weighted by Crippen LogP contribution is 2.27. The summed E-state index contributed by atoms with van der Waals surface area (Å²) in [6.07, 6.45) is 1.32. The number of benzene rings is 2. The smallest absolute Gasteiger partial charge is 0.337 e. The number of halogens is 1. The Balaban J connectivity index is 1.84. The highest BCUT2D eigenvalue weighted by Gasteiger charge is 2.14. The quantitative estimate of drug-likeness (QED) is 0.450. The fourth-order valence-electron chi connectivity index (χ4n) is 2.64. The van der Waals surface area contributed by atoms with Gasteiger partial charge in [-0.15, -0.1) is 0 Å². The van der Waals surface area contributed by atoms with Crippen molar-refractivity contribution in [1.29, 1.82) is 5.26 Å². The van der Waals surface area contributed by atoms with Crippen molar-refractivity contribution in [2.45, 2.75) is 6.92 Å². The summed E-state index contributed by atoms with van der Waals surface area (Å²) in [6.45, 7) is 1.90. The Morgan fingerprint density at radius 3 is 2.66 bits per heavy atom. The van der Waals surface area contributed by atoms with E-state index in [2.05, 4.69) is 5.32 Å². The second kappa shape index (κ2) is 8.46. The van der Waals surface area contributed by atoms with Crippen molar-refractivity contribution in [3.05, 3.63) is 82.1 Å². The number of carboxylic acids is 1. The average molecular weight is 407 g/mol. The molecule has 0 radical (unpaired) electrons. The molecule has 0 unspecified atom stereocenters. The molecule has 0 saturated carbocycles. The van der Waals surface area contributed by atoms with Crippen LogP contribution in [0.3, 0.4) is 0 Å². The van der Waals surface area contributed by atoms with Gasteiger partial charge >= 0.3 is 5.97 Å². The van der Waals surface area contributed by atoms with Crippen LogP contribution in [-0.2, 0) is 4.79 Å². The topological polar surface area (TPSA) is 103 Å². The van der Waals surface area contributed by atoms with Gasteiger partial charge in [0.1, 0.15) is 23.2 Å². The molecule has 1 heterocycles. The highest BCUT2D eigenvalue weighted by atomic mass is 35.5. The minimum Gasteiger partial charge on any atom is -0.478 e. The van der Waals surface area contributed by atoms with Gasteiger partial charge in [-0.3, -0.25) is 4.79 Å². The molecule has 0 aliphatic heterocycles. The van der Waals surface area contributed by atoms with Crippen molar-refractivity contribution in [1.82, 2.24) is 0 Å². The van der Waals surface area contributed by atoms with Crippen LogP contribution in [0.2, 0.25) is 5.02 Å². The standard InChI is InChI=1S/C22H15ClN2O4/c1-13-3-2-4-16(9-13)25-21(26)15(12-24)10-17-6-8-20(29-17)14-5-7-19(23)18(11-14)22(27)28/h2-11H,1H3,(H,25,26)(H,27,28)/b15-10+. The van der Waals surface area contributed by atoms with E-state index in [-0.39, 0.29) is 21.9 Å². The molecule has 0 aliphatic rings. The predicted molar refractivity (Wildman–Crippen MR) is 110 cm³/mol. The van der Waals surface area contributed by atoms with Crippen LogP contribution in [0.15, 0.2) is 64.6 Å². The van der Waals surface area contributed by atoms with E-state index in [1.54, 1.807) is 36.4 Å². The SMILES string of the molecule is Cc1cccc(NC(=O)/C(C#N)=C/c2ccc(-c3ccc(Cl)c(C(=O)O)c3)o2)c1. The van der Waals surface area contributed by atoms with E-state index in [4.69, 9.17) is 16.0 Å². The fraction of sp³-hybridized carbons (Fsp3) is 0.0455. The van der Waals surface area contributed by atoms with Crippen LogP contribution in [0.5, 0.6) is 0 Å². The molecule has 0 spiro atoms. The van der Waals surface area contributed by atoms with E-state index in [9.17, 15) is 20.0 Å². The first-order valence-corrected chi connectivity index (χ1v) is 8.88. The molecule has 0 aliphatic carbocycles. The number of aryl methyl sites for hydroxylation is 1. The van der Waals surface area contributed by atoms with E-state index >= 15 is 0 Å². The Labute approximate surface area is 171 Å². The summed E-state index contributed by atoms with van der Waals surface area (Å²) in [5.74, 6) is -1.05. The summed E-state index contributed by atoms with van der Waals surface area (Å²) < 4.78 is 5.65. The first kappa shape index (κ1) is 19.9. The van der Waals surface area contributed by atoms with Crippen molar-refractivity contribution in [3.63, 3.8) is 0 Å². The van der Waals surface area contributed by atoms with Gasteiger partial charge in [-0.1, -0.05) is 23.7 Å². The van der Waals surface area contributed by atoms with E-state index in [0.29, 0.717) is 17.0 Å². The van der Waals surface area contributed by atoms with Crippen molar-refractivity contribution in [2.24, 2.45) is 0 Å². The lowest BCUT2D eigenvalue weighted by Crippen LogP contribution is -2.13. The molecule has 7 heteroatoms. The van der Waals surface area contributed by atoms with Crippen LogP contribution in [0.25, 0.3) is 17.4 Å². The van der Waals surface area contributed by atoms with E-state index in [1.165, 1.54) is 18.2 Å². The molecule has 144 valence electrons. The van der Waals surface area contributed by atoms with Crippen LogP contribution < -0.4 is 5.32 Å². The molecule has 1 amide bonds. The molecule has 0 atom stereocenters. The summed E-state index contributed by atoms with van der Waals surface area (Å²) in [5.41, 5.74) is 1.89. The third-order valence-electron chi connectivity index (χ3n) is 4.04. The van der Waals surface area contributed by atoms with Gasteiger partial charge < -0.3 is 14.8 Å². The van der Waals surface area contributed by atoms with E-state index in [1.807, 2.05) is 19.1 Å². The summed E-state index contributed by atoms with van der Waals surface area (Å²) in [7, 11) is 0. The van der Waals surface area contributed by atoms with Gasteiger partial charge in [-0.05, 0) is 55.0 Å². The minimum atomic E-state index is -1.15. The number of aromatic carboxylic acids is 1. The number of rotatable bonds is 5. The minimum absolute atomic E-state index is 0.0482. The molecular weight excluding hydrogens is 392 g/mol. The van der Waals surface area contributed by atoms with Gasteiger partial charge in [0.05, 0.1) is 10.6 Å². The number of anilines is 1. The van der Waals surface area contributed by atoms with Gasteiger partial charge in [-0.2, -0.15) is 5.26 Å². The highest BCUT2D eigenvalue weighted by molar-refractivity contribution is 6.33. The Kier molecular flexibility index (Phi) is 5.82. The zero-order valence-corrected chi connectivity index (χ0v) is 16.0. The van der Waals surface area contributed by atoms with Gasteiger partial charge in [0.2, 0.25) is 0 Å². The van der Waals surface area contributed by atoms with Crippen molar-refractivity contribution >= 4 is 35.2 Å². The van der Waals surface area contributed by atoms with Crippen LogP contribution >= 0.6 is 11.6 Å². The molecule has 3 aromatic rings. The normalized spacial score (nSPS) is 11.0. The number of nitrogens with one attached hydrogen (secondary N) is 1. The third-order valence-corrected chi connectivity index (χ3v) is 4.37. The van der Waals surface area contributed by atoms with Crippen molar-refractivity contribution in [3.8, 4) is 17.4 Å². The van der Waals surface area contributed by atoms with Gasteiger partial charge in [0, 0.05) is 17.3 Å². The van der Waals surface area contributed by atoms with Crippen LogP contribution in [0.1, 0.15) is 21.7 Å². The third kappa shape index (κ3) is 4.72. The van der Waals surface area contributed by atoms with Gasteiger partial charge in [-0.25, -0.2) is 4.79 Å². The summed E-state index contributed by atoms with van der Waals surface area (Å²) in [4.78, 5) is 23.6. The molecule has 29 heavy (non-hydrogen) atoms. The summed E-state index contributed by atoms with van der Waals surface area (Å²) >= 11 is 5.88. The fourth-order valence-corrected chi connectivity index (χ4v) is 2.84. The van der Waals surface area contributed by atoms with Gasteiger partial charge in [0.25, 0.3) is 5.91 Å². The van der Waals surface area contributed by atoms with Crippen molar-refractivity contribution in [2.75, 3.05) is 5.32 Å². The monoisotopic (exact) mass is 406 g/mol.